The molecule has 0 aliphatic carbocycles. The lowest BCUT2D eigenvalue weighted by molar-refractivity contribution is 0.284. The largest absolute Gasteiger partial charge is 0.313 e. The minimum absolute atomic E-state index is 0.00292. The highest BCUT2D eigenvalue weighted by Crippen LogP contribution is 2.26. The predicted octanol–water partition coefficient (Wildman–Crippen LogP) is 0.276. The first kappa shape index (κ1) is 7.49. The van der Waals surface area contributed by atoms with E-state index in [-0.39, 0.29) is 11.6 Å². The minimum Gasteiger partial charge on any atom is -0.313 e. The summed E-state index contributed by atoms with van der Waals surface area (Å²) in [5, 5.41) is 0. The standard InChI is InChI=1S/C8H11N3O/c1-5-7-6(3-11(5)2)9-4-10-8(7)12/h4-5H,3H2,1-2H3,(H,9,10,12). The van der Waals surface area contributed by atoms with Crippen LogP contribution in [0.1, 0.15) is 24.2 Å². The van der Waals surface area contributed by atoms with Crippen LogP contribution in [0.2, 0.25) is 0 Å². The number of nitrogens with zero attached hydrogens (tertiary/aromatic N) is 2. The van der Waals surface area contributed by atoms with Gasteiger partial charge in [0.25, 0.3) is 5.56 Å². The molecule has 1 aromatic rings. The van der Waals surface area contributed by atoms with E-state index in [9.17, 15) is 4.79 Å². The van der Waals surface area contributed by atoms with Gasteiger partial charge < -0.3 is 4.98 Å². The summed E-state index contributed by atoms with van der Waals surface area (Å²) in [7, 11) is 1.99. The van der Waals surface area contributed by atoms with Crippen molar-refractivity contribution in [1.82, 2.24) is 14.9 Å². The molecular weight excluding hydrogens is 154 g/mol. The van der Waals surface area contributed by atoms with Crippen molar-refractivity contribution in [2.75, 3.05) is 7.05 Å². The Hall–Kier alpha value is -1.16. The van der Waals surface area contributed by atoms with Gasteiger partial charge in [-0.1, -0.05) is 0 Å². The number of rotatable bonds is 0. The summed E-state index contributed by atoms with van der Waals surface area (Å²) in [4.78, 5) is 20.2. The molecule has 0 radical (unpaired) electrons. The Balaban J connectivity index is 2.62. The van der Waals surface area contributed by atoms with Crippen LogP contribution in [0.15, 0.2) is 11.1 Å². The average molecular weight is 165 g/mol. The summed E-state index contributed by atoms with van der Waals surface area (Å²) < 4.78 is 0. The van der Waals surface area contributed by atoms with Gasteiger partial charge in [-0.05, 0) is 14.0 Å². The summed E-state index contributed by atoms with van der Waals surface area (Å²) in [5.41, 5.74) is 1.73. The van der Waals surface area contributed by atoms with Gasteiger partial charge in [-0.3, -0.25) is 9.69 Å². The van der Waals surface area contributed by atoms with Gasteiger partial charge in [0, 0.05) is 12.6 Å². The molecule has 1 unspecified atom stereocenters. The number of hydrogen-bond donors (Lipinski definition) is 1. The SMILES string of the molecule is CC1c2c(nc[nH]c2=O)CN1C. The van der Waals surface area contributed by atoms with Crippen LogP contribution in [0.5, 0.6) is 0 Å². The molecule has 1 aliphatic heterocycles. The number of H-pyrrole nitrogens is 1. The highest BCUT2D eigenvalue weighted by atomic mass is 16.1. The molecule has 0 aromatic carbocycles. The predicted molar refractivity (Wildman–Crippen MR) is 44.7 cm³/mol. The van der Waals surface area contributed by atoms with Gasteiger partial charge in [0.15, 0.2) is 0 Å². The van der Waals surface area contributed by atoms with E-state index in [1.165, 1.54) is 6.33 Å². The third kappa shape index (κ3) is 0.881. The lowest BCUT2D eigenvalue weighted by Gasteiger charge is -2.12. The number of nitrogens with one attached hydrogen (secondary N) is 1. The van der Waals surface area contributed by atoms with Gasteiger partial charge in [-0.15, -0.1) is 0 Å². The van der Waals surface area contributed by atoms with E-state index in [1.807, 2.05) is 14.0 Å². The van der Waals surface area contributed by atoms with Gasteiger partial charge in [0.2, 0.25) is 0 Å². The molecule has 0 amide bonds. The lowest BCUT2D eigenvalue weighted by Crippen LogP contribution is -2.18. The summed E-state index contributed by atoms with van der Waals surface area (Å²) in [6.45, 7) is 2.79. The average Bonchev–Trinajstić information content (AvgIpc) is 2.29. The van der Waals surface area contributed by atoms with Crippen LogP contribution < -0.4 is 5.56 Å². The number of aromatic nitrogens is 2. The normalized spacial score (nSPS) is 22.7. The zero-order chi connectivity index (χ0) is 8.72. The van der Waals surface area contributed by atoms with Crippen LogP contribution in [0.3, 0.4) is 0 Å². The van der Waals surface area contributed by atoms with Crippen molar-refractivity contribution in [3.8, 4) is 0 Å². The van der Waals surface area contributed by atoms with E-state index in [1.54, 1.807) is 0 Å². The van der Waals surface area contributed by atoms with E-state index in [0.29, 0.717) is 0 Å². The molecule has 0 saturated carbocycles. The highest BCUT2D eigenvalue weighted by molar-refractivity contribution is 5.24. The number of aromatic amines is 1. The maximum atomic E-state index is 11.3. The number of hydrogen-bond acceptors (Lipinski definition) is 3. The molecule has 1 aliphatic rings. The zero-order valence-electron chi connectivity index (χ0n) is 7.16. The van der Waals surface area contributed by atoms with Crippen molar-refractivity contribution in [2.45, 2.75) is 19.5 Å². The molecule has 0 saturated heterocycles. The van der Waals surface area contributed by atoms with Gasteiger partial charge in [-0.25, -0.2) is 4.98 Å². The molecule has 0 fully saturated rings. The smallest absolute Gasteiger partial charge is 0.255 e. The molecule has 2 rings (SSSR count). The first-order valence-electron chi connectivity index (χ1n) is 3.97. The molecule has 1 N–H and O–H groups in total. The van der Waals surface area contributed by atoms with E-state index in [4.69, 9.17) is 0 Å². The molecule has 64 valence electrons. The molecule has 2 heterocycles. The first-order chi connectivity index (χ1) is 5.70. The maximum absolute atomic E-state index is 11.3. The second kappa shape index (κ2) is 2.42. The van der Waals surface area contributed by atoms with E-state index >= 15 is 0 Å². The Bertz CT molecular complexity index is 358. The molecule has 4 nitrogen and oxygen atoms in total. The molecular formula is C8H11N3O. The molecule has 1 atom stereocenters. The summed E-state index contributed by atoms with van der Waals surface area (Å²) in [6, 6.07) is 0.192. The summed E-state index contributed by atoms with van der Waals surface area (Å²) in [6.07, 6.45) is 1.47. The maximum Gasteiger partial charge on any atom is 0.255 e. The molecule has 0 spiro atoms. The third-order valence-electron chi connectivity index (χ3n) is 2.45. The Labute approximate surface area is 70.2 Å². The van der Waals surface area contributed by atoms with Gasteiger partial charge in [0.05, 0.1) is 17.6 Å². The van der Waals surface area contributed by atoms with Crippen molar-refractivity contribution in [2.24, 2.45) is 0 Å². The fourth-order valence-electron chi connectivity index (χ4n) is 1.60. The quantitative estimate of drug-likeness (QED) is 0.600. The topological polar surface area (TPSA) is 49.0 Å². The van der Waals surface area contributed by atoms with Crippen molar-refractivity contribution in [3.05, 3.63) is 27.9 Å². The Kier molecular flexibility index (Phi) is 1.51. The fourth-order valence-corrected chi connectivity index (χ4v) is 1.60. The zero-order valence-corrected chi connectivity index (χ0v) is 7.16. The van der Waals surface area contributed by atoms with Gasteiger partial charge >= 0.3 is 0 Å². The minimum atomic E-state index is -0.00292. The van der Waals surface area contributed by atoms with E-state index < -0.39 is 0 Å². The van der Waals surface area contributed by atoms with Crippen molar-refractivity contribution in [3.63, 3.8) is 0 Å². The Morgan fingerprint density at radius 1 is 1.75 bits per heavy atom. The Morgan fingerprint density at radius 3 is 3.17 bits per heavy atom. The van der Waals surface area contributed by atoms with Crippen molar-refractivity contribution in [1.29, 1.82) is 0 Å². The van der Waals surface area contributed by atoms with Crippen LogP contribution >= 0.6 is 0 Å². The lowest BCUT2D eigenvalue weighted by atomic mass is 10.2. The third-order valence-corrected chi connectivity index (χ3v) is 2.45. The van der Waals surface area contributed by atoms with Crippen LogP contribution in [0.25, 0.3) is 0 Å². The van der Waals surface area contributed by atoms with Crippen LogP contribution in [-0.4, -0.2) is 21.9 Å². The highest BCUT2D eigenvalue weighted by Gasteiger charge is 2.27. The Morgan fingerprint density at radius 2 is 2.50 bits per heavy atom. The number of fused-ring (bicyclic) bond motifs is 1. The van der Waals surface area contributed by atoms with E-state index in [2.05, 4.69) is 14.9 Å². The second-order valence-corrected chi connectivity index (χ2v) is 3.18. The summed E-state index contributed by atoms with van der Waals surface area (Å²) in [5.74, 6) is 0. The van der Waals surface area contributed by atoms with Crippen LogP contribution in [-0.2, 0) is 6.54 Å². The molecule has 0 bridgehead atoms. The van der Waals surface area contributed by atoms with Crippen LogP contribution in [0, 0.1) is 0 Å². The van der Waals surface area contributed by atoms with Gasteiger partial charge in [-0.2, -0.15) is 0 Å². The first-order valence-corrected chi connectivity index (χ1v) is 3.97. The van der Waals surface area contributed by atoms with E-state index in [0.717, 1.165) is 17.8 Å². The molecule has 4 heteroatoms. The van der Waals surface area contributed by atoms with Gasteiger partial charge in [0.1, 0.15) is 0 Å². The second-order valence-electron chi connectivity index (χ2n) is 3.18. The summed E-state index contributed by atoms with van der Waals surface area (Å²) >= 11 is 0. The van der Waals surface area contributed by atoms with Crippen molar-refractivity contribution >= 4 is 0 Å². The van der Waals surface area contributed by atoms with Crippen molar-refractivity contribution < 1.29 is 0 Å². The fraction of sp³-hybridized carbons (Fsp3) is 0.500. The molecule has 1 aromatic heterocycles. The van der Waals surface area contributed by atoms with Crippen LogP contribution in [0.4, 0.5) is 0 Å². The monoisotopic (exact) mass is 165 g/mol. The molecule has 12 heavy (non-hydrogen) atoms.